The summed E-state index contributed by atoms with van der Waals surface area (Å²) in [5, 5.41) is 2.73. The zero-order valence-electron chi connectivity index (χ0n) is 14.4. The molecule has 0 fully saturated rings. The summed E-state index contributed by atoms with van der Waals surface area (Å²) < 4.78 is 10.4. The van der Waals surface area contributed by atoms with E-state index in [0.717, 1.165) is 11.1 Å². The minimum absolute atomic E-state index is 0.0316. The molecule has 0 aliphatic carbocycles. The largest absolute Gasteiger partial charge is 0.481 e. The predicted octanol–water partition coefficient (Wildman–Crippen LogP) is 5.48. The lowest BCUT2D eigenvalue weighted by Crippen LogP contribution is -2.24. The number of anilines is 1. The molecule has 0 saturated heterocycles. The molecule has 0 radical (unpaired) electrons. The molecule has 0 spiro atoms. The van der Waals surface area contributed by atoms with Gasteiger partial charge in [0.05, 0.1) is 25.8 Å². The third-order valence-corrected chi connectivity index (χ3v) is 5.06. The highest BCUT2D eigenvalue weighted by Crippen LogP contribution is 2.40. The smallest absolute Gasteiger partial charge is 0.344 e. The van der Waals surface area contributed by atoms with Crippen LogP contribution in [0.1, 0.15) is 11.1 Å². The van der Waals surface area contributed by atoms with Crippen molar-refractivity contribution in [3.8, 4) is 5.75 Å². The Morgan fingerprint density at radius 2 is 1.52 bits per heavy atom. The first-order valence-electron chi connectivity index (χ1n) is 7.68. The van der Waals surface area contributed by atoms with Gasteiger partial charge >= 0.3 is 5.97 Å². The molecule has 2 aromatic rings. The first-order chi connectivity index (χ1) is 12.7. The van der Waals surface area contributed by atoms with Gasteiger partial charge in [-0.2, -0.15) is 0 Å². The lowest BCUT2D eigenvalue weighted by molar-refractivity contribution is -0.149. The van der Waals surface area contributed by atoms with E-state index in [9.17, 15) is 9.59 Å². The second-order valence-corrected chi connectivity index (χ2v) is 7.13. The third kappa shape index (κ3) is 5.66. The number of aryl methyl sites for hydroxylation is 2. The first-order valence-corrected chi connectivity index (χ1v) is 9.19. The Morgan fingerprint density at radius 1 is 0.963 bits per heavy atom. The second kappa shape index (κ2) is 9.51. The maximum absolute atomic E-state index is 12.0. The van der Waals surface area contributed by atoms with Crippen molar-refractivity contribution in [3.05, 3.63) is 55.5 Å². The van der Waals surface area contributed by atoms with Crippen LogP contribution in [0, 0.1) is 13.8 Å². The Bertz CT molecular complexity index is 840. The van der Waals surface area contributed by atoms with Crippen molar-refractivity contribution in [2.45, 2.75) is 13.8 Å². The summed E-state index contributed by atoms with van der Waals surface area (Å²) >= 11 is 23.8. The Morgan fingerprint density at radius 3 is 2.07 bits per heavy atom. The molecular weight excluding hydrogens is 436 g/mol. The van der Waals surface area contributed by atoms with Gasteiger partial charge in [0.1, 0.15) is 5.75 Å². The van der Waals surface area contributed by atoms with E-state index in [1.807, 2.05) is 32.0 Å². The Balaban J connectivity index is 1.90. The van der Waals surface area contributed by atoms with Gasteiger partial charge in [0.15, 0.2) is 13.2 Å². The van der Waals surface area contributed by atoms with Crippen LogP contribution in [-0.4, -0.2) is 25.1 Å². The van der Waals surface area contributed by atoms with Gasteiger partial charge < -0.3 is 14.8 Å². The number of ether oxygens (including phenoxy) is 2. The third-order valence-electron chi connectivity index (χ3n) is 3.48. The highest BCUT2D eigenvalue weighted by Gasteiger charge is 2.17. The zero-order valence-corrected chi connectivity index (χ0v) is 17.4. The summed E-state index contributed by atoms with van der Waals surface area (Å²) in [7, 11) is 0. The summed E-state index contributed by atoms with van der Waals surface area (Å²) in [5.41, 5.74) is 1.83. The molecule has 5 nitrogen and oxygen atoms in total. The normalized spacial score (nSPS) is 10.4. The minimum Gasteiger partial charge on any atom is -0.481 e. The molecule has 0 heterocycles. The number of hydrogen-bond donors (Lipinski definition) is 1. The van der Waals surface area contributed by atoms with E-state index in [2.05, 4.69) is 5.32 Å². The molecule has 1 N–H and O–H groups in total. The molecule has 1 amide bonds. The molecular formula is C18H15Cl4NO4. The van der Waals surface area contributed by atoms with Gasteiger partial charge in [-0.1, -0.05) is 64.6 Å². The van der Waals surface area contributed by atoms with Crippen LogP contribution in [0.25, 0.3) is 0 Å². The number of nitrogens with one attached hydrogen (secondary N) is 1. The highest BCUT2D eigenvalue weighted by atomic mass is 35.5. The Kier molecular flexibility index (Phi) is 7.62. The van der Waals surface area contributed by atoms with E-state index in [4.69, 9.17) is 55.9 Å². The summed E-state index contributed by atoms with van der Waals surface area (Å²) in [6.07, 6.45) is 0. The first kappa shape index (κ1) is 21.6. The summed E-state index contributed by atoms with van der Waals surface area (Å²) in [6.45, 7) is 2.85. The predicted molar refractivity (Wildman–Crippen MR) is 107 cm³/mol. The van der Waals surface area contributed by atoms with Gasteiger partial charge in [0, 0.05) is 0 Å². The molecule has 2 aromatic carbocycles. The zero-order chi connectivity index (χ0) is 20.1. The van der Waals surface area contributed by atoms with Crippen molar-refractivity contribution in [1.29, 1.82) is 0 Å². The molecule has 0 aliphatic heterocycles. The van der Waals surface area contributed by atoms with Crippen LogP contribution in [0.4, 0.5) is 5.69 Å². The van der Waals surface area contributed by atoms with Crippen LogP contribution in [0.15, 0.2) is 24.3 Å². The maximum Gasteiger partial charge on any atom is 0.344 e. The number of amides is 1. The molecule has 0 atom stereocenters. The molecule has 0 aromatic heterocycles. The van der Waals surface area contributed by atoms with Crippen molar-refractivity contribution < 1.29 is 19.1 Å². The van der Waals surface area contributed by atoms with Crippen molar-refractivity contribution in [2.75, 3.05) is 18.5 Å². The standard InChI is InChI=1S/C18H15Cl4NO4/c1-9-4-3-5-10(2)18(9)27-8-14(25)26-7-13(24)23-17-15(21)11(19)6-12(20)16(17)22/h3-6H,7-8H2,1-2H3,(H,23,24). The van der Waals surface area contributed by atoms with E-state index in [0.29, 0.717) is 5.75 Å². The fraction of sp³-hybridized carbons (Fsp3) is 0.222. The van der Waals surface area contributed by atoms with Gasteiger partial charge in [-0.15, -0.1) is 0 Å². The summed E-state index contributed by atoms with van der Waals surface area (Å²) in [6, 6.07) is 6.97. The quantitative estimate of drug-likeness (QED) is 0.467. The molecule has 27 heavy (non-hydrogen) atoms. The fourth-order valence-electron chi connectivity index (χ4n) is 2.20. The number of benzene rings is 2. The van der Waals surface area contributed by atoms with Crippen LogP contribution >= 0.6 is 46.4 Å². The number of carbonyl (C=O) groups excluding carboxylic acids is 2. The number of halogens is 4. The minimum atomic E-state index is -0.700. The van der Waals surface area contributed by atoms with Gasteiger partial charge in [-0.3, -0.25) is 4.79 Å². The van der Waals surface area contributed by atoms with Crippen molar-refractivity contribution >= 4 is 64.0 Å². The summed E-state index contributed by atoms with van der Waals surface area (Å²) in [5.74, 6) is -0.752. The molecule has 144 valence electrons. The van der Waals surface area contributed by atoms with Crippen molar-refractivity contribution in [1.82, 2.24) is 0 Å². The Labute approximate surface area is 176 Å². The molecule has 2 rings (SSSR count). The van der Waals surface area contributed by atoms with Gasteiger partial charge in [0.2, 0.25) is 0 Å². The van der Waals surface area contributed by atoms with Crippen molar-refractivity contribution in [2.24, 2.45) is 0 Å². The van der Waals surface area contributed by atoms with E-state index >= 15 is 0 Å². The van der Waals surface area contributed by atoms with Crippen molar-refractivity contribution in [3.63, 3.8) is 0 Å². The van der Waals surface area contributed by atoms with E-state index < -0.39 is 18.5 Å². The van der Waals surface area contributed by atoms with Crippen LogP contribution in [0.2, 0.25) is 20.1 Å². The number of para-hydroxylation sites is 1. The molecule has 0 bridgehead atoms. The van der Waals surface area contributed by atoms with E-state index in [1.165, 1.54) is 6.07 Å². The topological polar surface area (TPSA) is 64.6 Å². The monoisotopic (exact) mass is 449 g/mol. The number of carbonyl (C=O) groups is 2. The average Bonchev–Trinajstić information content (AvgIpc) is 2.61. The van der Waals surface area contributed by atoms with E-state index in [1.54, 1.807) is 0 Å². The van der Waals surface area contributed by atoms with Crippen LogP contribution in [-0.2, 0) is 14.3 Å². The Hall–Kier alpha value is -1.66. The van der Waals surface area contributed by atoms with Gasteiger partial charge in [-0.25, -0.2) is 4.79 Å². The lowest BCUT2D eigenvalue weighted by atomic mass is 10.1. The van der Waals surface area contributed by atoms with Gasteiger partial charge in [0.25, 0.3) is 5.91 Å². The second-order valence-electron chi connectivity index (χ2n) is 5.56. The number of hydrogen-bond acceptors (Lipinski definition) is 4. The number of rotatable bonds is 6. The molecule has 0 unspecified atom stereocenters. The molecule has 0 aliphatic rings. The fourth-order valence-corrected chi connectivity index (χ4v) is 3.11. The number of esters is 1. The maximum atomic E-state index is 12.0. The average molecular weight is 451 g/mol. The SMILES string of the molecule is Cc1cccc(C)c1OCC(=O)OCC(=O)Nc1c(Cl)c(Cl)cc(Cl)c1Cl. The van der Waals surface area contributed by atoms with Gasteiger partial charge in [-0.05, 0) is 31.0 Å². The van der Waals surface area contributed by atoms with Crippen LogP contribution < -0.4 is 10.1 Å². The summed E-state index contributed by atoms with van der Waals surface area (Å²) in [4.78, 5) is 23.8. The lowest BCUT2D eigenvalue weighted by Gasteiger charge is -2.13. The highest BCUT2D eigenvalue weighted by molar-refractivity contribution is 6.50. The van der Waals surface area contributed by atoms with Crippen LogP contribution in [0.5, 0.6) is 5.75 Å². The molecule has 0 saturated carbocycles. The molecule has 9 heteroatoms. The van der Waals surface area contributed by atoms with Crippen LogP contribution in [0.3, 0.4) is 0 Å². The van der Waals surface area contributed by atoms with E-state index in [-0.39, 0.29) is 32.4 Å².